The van der Waals surface area contributed by atoms with Crippen molar-refractivity contribution in [3.8, 4) is 5.75 Å². The van der Waals surface area contributed by atoms with Crippen LogP contribution in [0.5, 0.6) is 5.75 Å². The molecule has 4 nitrogen and oxygen atoms in total. The van der Waals surface area contributed by atoms with Crippen LogP contribution in [0.4, 0.5) is 0 Å². The molecule has 0 saturated carbocycles. The summed E-state index contributed by atoms with van der Waals surface area (Å²) in [6.07, 6.45) is 0.152. The van der Waals surface area contributed by atoms with E-state index in [9.17, 15) is 4.79 Å². The Labute approximate surface area is 121 Å². The molecule has 1 rings (SSSR count). The van der Waals surface area contributed by atoms with Crippen LogP contribution in [-0.4, -0.2) is 19.7 Å². The highest BCUT2D eigenvalue weighted by atomic mass is 79.9. The summed E-state index contributed by atoms with van der Waals surface area (Å²) in [4.78, 5) is 11.3. The number of hydrogen-bond acceptors (Lipinski definition) is 4. The van der Waals surface area contributed by atoms with E-state index in [1.807, 2.05) is 18.2 Å². The smallest absolute Gasteiger partial charge is 0.307 e. The third kappa shape index (κ3) is 4.84. The fourth-order valence-corrected chi connectivity index (χ4v) is 1.98. The Morgan fingerprint density at radius 3 is 2.72 bits per heavy atom. The maximum Gasteiger partial charge on any atom is 0.307 e. The van der Waals surface area contributed by atoms with Gasteiger partial charge in [-0.15, -0.1) is 12.4 Å². The SMILES string of the molecule is CCOC(=O)C[C@H](N)c1cc(OC)ccc1Br.Cl. The summed E-state index contributed by atoms with van der Waals surface area (Å²) in [5.74, 6) is 0.414. The summed E-state index contributed by atoms with van der Waals surface area (Å²) >= 11 is 3.40. The summed E-state index contributed by atoms with van der Waals surface area (Å²) in [5.41, 5.74) is 6.80. The second kappa shape index (κ2) is 8.34. The minimum Gasteiger partial charge on any atom is -0.497 e. The lowest BCUT2D eigenvalue weighted by molar-refractivity contribution is -0.143. The van der Waals surface area contributed by atoms with Crippen LogP contribution in [0, 0.1) is 0 Å². The highest BCUT2D eigenvalue weighted by molar-refractivity contribution is 9.10. The van der Waals surface area contributed by atoms with E-state index in [1.54, 1.807) is 14.0 Å². The van der Waals surface area contributed by atoms with E-state index in [0.29, 0.717) is 12.4 Å². The van der Waals surface area contributed by atoms with Crippen molar-refractivity contribution in [2.45, 2.75) is 19.4 Å². The van der Waals surface area contributed by atoms with Crippen LogP contribution in [0.3, 0.4) is 0 Å². The number of ether oxygens (including phenoxy) is 2. The molecule has 1 atom stereocenters. The summed E-state index contributed by atoms with van der Waals surface area (Å²) in [7, 11) is 1.59. The van der Waals surface area contributed by atoms with Gasteiger partial charge in [-0.2, -0.15) is 0 Å². The van der Waals surface area contributed by atoms with Crippen LogP contribution in [0.1, 0.15) is 24.9 Å². The number of rotatable bonds is 5. The van der Waals surface area contributed by atoms with Crippen molar-refractivity contribution < 1.29 is 14.3 Å². The first-order chi connectivity index (χ1) is 8.08. The molecule has 0 fully saturated rings. The number of esters is 1. The predicted octanol–water partition coefficient (Wildman–Crippen LogP) is 2.83. The van der Waals surface area contributed by atoms with E-state index in [4.69, 9.17) is 15.2 Å². The Kier molecular flexibility index (Phi) is 7.98. The molecule has 2 N–H and O–H groups in total. The van der Waals surface area contributed by atoms with Crippen molar-refractivity contribution >= 4 is 34.3 Å². The maximum atomic E-state index is 11.3. The van der Waals surface area contributed by atoms with Crippen LogP contribution in [0.2, 0.25) is 0 Å². The van der Waals surface area contributed by atoms with E-state index >= 15 is 0 Å². The van der Waals surface area contributed by atoms with Crippen molar-refractivity contribution in [2.24, 2.45) is 5.73 Å². The van der Waals surface area contributed by atoms with Crippen molar-refractivity contribution in [2.75, 3.05) is 13.7 Å². The lowest BCUT2D eigenvalue weighted by Gasteiger charge is -2.14. The first-order valence-electron chi connectivity index (χ1n) is 5.33. The van der Waals surface area contributed by atoms with Crippen LogP contribution in [0.15, 0.2) is 22.7 Å². The van der Waals surface area contributed by atoms with Gasteiger partial charge < -0.3 is 15.2 Å². The number of benzene rings is 1. The van der Waals surface area contributed by atoms with Crippen molar-refractivity contribution in [3.63, 3.8) is 0 Å². The molecule has 6 heteroatoms. The summed E-state index contributed by atoms with van der Waals surface area (Å²) in [6, 6.07) is 5.08. The molecule has 0 spiro atoms. The Morgan fingerprint density at radius 1 is 1.50 bits per heavy atom. The van der Waals surface area contributed by atoms with Crippen LogP contribution < -0.4 is 10.5 Å². The van der Waals surface area contributed by atoms with E-state index in [1.165, 1.54) is 0 Å². The Morgan fingerprint density at radius 2 is 2.17 bits per heavy atom. The van der Waals surface area contributed by atoms with Gasteiger partial charge in [-0.3, -0.25) is 4.79 Å². The van der Waals surface area contributed by atoms with Gasteiger partial charge in [0.25, 0.3) is 0 Å². The predicted molar refractivity (Wildman–Crippen MR) is 76.1 cm³/mol. The maximum absolute atomic E-state index is 11.3. The van der Waals surface area contributed by atoms with Gasteiger partial charge in [0.2, 0.25) is 0 Å². The second-order valence-corrected chi connectivity index (χ2v) is 4.36. The van der Waals surface area contributed by atoms with Crippen LogP contribution >= 0.6 is 28.3 Å². The topological polar surface area (TPSA) is 61.5 Å². The molecule has 0 radical (unpaired) electrons. The average molecular weight is 339 g/mol. The third-order valence-electron chi connectivity index (χ3n) is 2.29. The molecule has 1 aromatic carbocycles. The van der Waals surface area contributed by atoms with Crippen molar-refractivity contribution in [1.29, 1.82) is 0 Å². The molecular formula is C12H17BrClNO3. The molecule has 0 saturated heterocycles. The molecule has 0 aliphatic rings. The fourth-order valence-electron chi connectivity index (χ4n) is 1.44. The third-order valence-corrected chi connectivity index (χ3v) is 3.02. The van der Waals surface area contributed by atoms with Gasteiger partial charge in [0.1, 0.15) is 5.75 Å². The zero-order chi connectivity index (χ0) is 12.8. The Bertz CT molecular complexity index is 401. The van der Waals surface area contributed by atoms with Gasteiger partial charge in [0.05, 0.1) is 20.1 Å². The molecule has 0 aromatic heterocycles. The molecule has 0 unspecified atom stereocenters. The van der Waals surface area contributed by atoms with Crippen LogP contribution in [0.25, 0.3) is 0 Å². The molecule has 0 amide bonds. The molecule has 102 valence electrons. The molecular weight excluding hydrogens is 321 g/mol. The molecule has 1 aromatic rings. The van der Waals surface area contributed by atoms with E-state index in [2.05, 4.69) is 15.9 Å². The Balaban J connectivity index is 0.00000289. The fraction of sp³-hybridized carbons (Fsp3) is 0.417. The minimum atomic E-state index is -0.404. The van der Waals surface area contributed by atoms with Gasteiger partial charge in [-0.25, -0.2) is 0 Å². The largest absolute Gasteiger partial charge is 0.497 e. The van der Waals surface area contributed by atoms with E-state index in [-0.39, 0.29) is 24.8 Å². The van der Waals surface area contributed by atoms with Crippen LogP contribution in [-0.2, 0) is 9.53 Å². The number of methoxy groups -OCH3 is 1. The lowest BCUT2D eigenvalue weighted by atomic mass is 10.0. The monoisotopic (exact) mass is 337 g/mol. The second-order valence-electron chi connectivity index (χ2n) is 3.50. The quantitative estimate of drug-likeness (QED) is 0.839. The summed E-state index contributed by atoms with van der Waals surface area (Å²) in [6.45, 7) is 2.13. The highest BCUT2D eigenvalue weighted by Gasteiger charge is 2.15. The molecule has 0 aliphatic carbocycles. The van der Waals surface area contributed by atoms with E-state index in [0.717, 1.165) is 10.0 Å². The summed E-state index contributed by atoms with van der Waals surface area (Å²) < 4.78 is 10.8. The minimum absolute atomic E-state index is 0. The van der Waals surface area contributed by atoms with Crippen molar-refractivity contribution in [3.05, 3.63) is 28.2 Å². The Hall–Kier alpha value is -0.780. The lowest BCUT2D eigenvalue weighted by Crippen LogP contribution is -2.17. The normalized spacial score (nSPS) is 11.3. The highest BCUT2D eigenvalue weighted by Crippen LogP contribution is 2.28. The number of carbonyl (C=O) groups is 1. The number of nitrogens with two attached hydrogens (primary N) is 1. The molecule has 0 bridgehead atoms. The van der Waals surface area contributed by atoms with Gasteiger partial charge in [0, 0.05) is 10.5 Å². The zero-order valence-electron chi connectivity index (χ0n) is 10.3. The first kappa shape index (κ1) is 17.2. The average Bonchev–Trinajstić information content (AvgIpc) is 2.29. The van der Waals surface area contributed by atoms with Gasteiger partial charge in [-0.1, -0.05) is 15.9 Å². The zero-order valence-corrected chi connectivity index (χ0v) is 12.7. The van der Waals surface area contributed by atoms with Gasteiger partial charge in [0.15, 0.2) is 0 Å². The van der Waals surface area contributed by atoms with Crippen molar-refractivity contribution in [1.82, 2.24) is 0 Å². The molecule has 18 heavy (non-hydrogen) atoms. The first-order valence-corrected chi connectivity index (χ1v) is 6.12. The van der Waals surface area contributed by atoms with Gasteiger partial charge >= 0.3 is 5.97 Å². The standard InChI is InChI=1S/C12H16BrNO3.ClH/c1-3-17-12(15)7-11(14)9-6-8(16-2)4-5-10(9)13;/h4-6,11H,3,7,14H2,1-2H3;1H/t11-;/m0./s1. The number of hydrogen-bond donors (Lipinski definition) is 1. The molecule has 0 aliphatic heterocycles. The number of halogens is 2. The van der Waals surface area contributed by atoms with E-state index < -0.39 is 6.04 Å². The number of carbonyl (C=O) groups excluding carboxylic acids is 1. The molecule has 0 heterocycles. The summed E-state index contributed by atoms with van der Waals surface area (Å²) in [5, 5.41) is 0. The van der Waals surface area contributed by atoms with Gasteiger partial charge in [-0.05, 0) is 30.7 Å².